The molecule has 2 bridgehead atoms. The number of nitrogens with zero attached hydrogens (tertiary/aromatic N) is 2. The minimum absolute atomic E-state index is 0.00426. The molecule has 2 aliphatic carbocycles. The summed E-state index contributed by atoms with van der Waals surface area (Å²) in [5, 5.41) is 0. The number of para-hydroxylation sites is 1. The Morgan fingerprint density at radius 3 is 2.25 bits per heavy atom. The average molecular weight is 324 g/mol. The largest absolute Gasteiger partial charge is 0.294 e. The number of amides is 3. The third kappa shape index (κ3) is 2.04. The number of likely N-dealkylation sites (tertiary alicyclic amines) is 1. The van der Waals surface area contributed by atoms with Gasteiger partial charge in [0.2, 0.25) is 17.7 Å². The summed E-state index contributed by atoms with van der Waals surface area (Å²) in [6.45, 7) is 3.38. The number of benzene rings is 1. The van der Waals surface area contributed by atoms with Crippen LogP contribution in [0.25, 0.3) is 0 Å². The van der Waals surface area contributed by atoms with Crippen LogP contribution in [-0.4, -0.2) is 29.3 Å². The highest BCUT2D eigenvalue weighted by molar-refractivity contribution is 6.07. The van der Waals surface area contributed by atoms with Crippen LogP contribution in [0.4, 0.5) is 5.69 Å². The van der Waals surface area contributed by atoms with Crippen LogP contribution in [0.2, 0.25) is 0 Å². The van der Waals surface area contributed by atoms with E-state index in [0.717, 1.165) is 17.7 Å². The smallest absolute Gasteiger partial charge is 0.235 e. The second kappa shape index (κ2) is 5.30. The Bertz CT molecular complexity index is 740. The van der Waals surface area contributed by atoms with Crippen LogP contribution in [0.15, 0.2) is 36.4 Å². The maximum Gasteiger partial charge on any atom is 0.235 e. The molecule has 4 rings (SSSR count). The molecule has 0 radical (unpaired) electrons. The molecule has 1 aromatic carbocycles. The Balaban J connectivity index is 1.62. The topological polar surface area (TPSA) is 57.7 Å². The fourth-order valence-electron chi connectivity index (χ4n) is 4.46. The van der Waals surface area contributed by atoms with Gasteiger partial charge in [-0.25, -0.2) is 0 Å². The number of imide groups is 1. The van der Waals surface area contributed by atoms with Crippen molar-refractivity contribution >= 4 is 23.4 Å². The molecule has 5 nitrogen and oxygen atoms in total. The molecule has 0 spiro atoms. The highest BCUT2D eigenvalue weighted by Crippen LogP contribution is 2.52. The Kier molecular flexibility index (Phi) is 3.34. The molecule has 24 heavy (non-hydrogen) atoms. The maximum atomic E-state index is 12.8. The summed E-state index contributed by atoms with van der Waals surface area (Å²) < 4.78 is 0. The van der Waals surface area contributed by atoms with Crippen molar-refractivity contribution in [3.63, 3.8) is 0 Å². The minimum Gasteiger partial charge on any atom is -0.294 e. The molecule has 0 unspecified atom stereocenters. The fraction of sp³-hybridized carbons (Fsp3) is 0.421. The second-order valence-electron chi connectivity index (χ2n) is 6.98. The molecule has 124 valence electrons. The van der Waals surface area contributed by atoms with Gasteiger partial charge in [-0.1, -0.05) is 30.4 Å². The van der Waals surface area contributed by atoms with Gasteiger partial charge < -0.3 is 0 Å². The first-order valence-corrected chi connectivity index (χ1v) is 8.36. The van der Waals surface area contributed by atoms with Crippen LogP contribution in [-0.2, 0) is 14.4 Å². The summed E-state index contributed by atoms with van der Waals surface area (Å²) in [6, 6.07) is 7.51. The lowest BCUT2D eigenvalue weighted by Crippen LogP contribution is -2.45. The first-order chi connectivity index (χ1) is 11.5. The van der Waals surface area contributed by atoms with Crippen molar-refractivity contribution in [1.82, 2.24) is 4.90 Å². The SMILES string of the molecule is CC(=O)N(CN1C(=O)[C@@H]2[C@H](C1=O)[C@H]1C=C[C@H]2C1)c1ccccc1C. The van der Waals surface area contributed by atoms with Crippen molar-refractivity contribution in [2.75, 3.05) is 11.6 Å². The van der Waals surface area contributed by atoms with Gasteiger partial charge in [-0.2, -0.15) is 0 Å². The van der Waals surface area contributed by atoms with Crippen LogP contribution < -0.4 is 4.90 Å². The lowest BCUT2D eigenvalue weighted by atomic mass is 9.85. The summed E-state index contributed by atoms with van der Waals surface area (Å²) in [5.41, 5.74) is 1.68. The van der Waals surface area contributed by atoms with Crippen LogP contribution in [0.3, 0.4) is 0 Å². The van der Waals surface area contributed by atoms with Crippen molar-refractivity contribution < 1.29 is 14.4 Å². The molecule has 1 aliphatic heterocycles. The molecular formula is C19H20N2O3. The van der Waals surface area contributed by atoms with Gasteiger partial charge in [0.15, 0.2) is 0 Å². The zero-order chi connectivity index (χ0) is 17.0. The van der Waals surface area contributed by atoms with Crippen LogP contribution in [0.1, 0.15) is 18.9 Å². The van der Waals surface area contributed by atoms with Crippen molar-refractivity contribution in [2.45, 2.75) is 20.3 Å². The van der Waals surface area contributed by atoms with Crippen LogP contribution in [0, 0.1) is 30.6 Å². The van der Waals surface area contributed by atoms with Gasteiger partial charge in [-0.05, 0) is 36.8 Å². The standard InChI is InChI=1S/C19H20N2O3/c1-11-5-3-4-6-15(11)20(12(2)22)10-21-18(23)16-13-7-8-14(9-13)17(16)19(21)24/h3-8,13-14,16-17H,9-10H2,1-2H3/t13-,14-,16-,17+/m0/s1. The number of rotatable bonds is 3. The molecule has 2 fully saturated rings. The van der Waals surface area contributed by atoms with E-state index in [1.807, 2.05) is 31.2 Å². The summed E-state index contributed by atoms with van der Waals surface area (Å²) in [5.74, 6) is -0.501. The Morgan fingerprint density at radius 1 is 1.12 bits per heavy atom. The predicted octanol–water partition coefficient (Wildman–Crippen LogP) is 2.11. The fourth-order valence-corrected chi connectivity index (χ4v) is 4.46. The van der Waals surface area contributed by atoms with Gasteiger partial charge in [0.05, 0.1) is 11.8 Å². The van der Waals surface area contributed by atoms with E-state index in [1.165, 1.54) is 16.7 Å². The second-order valence-corrected chi connectivity index (χ2v) is 6.98. The predicted molar refractivity (Wildman–Crippen MR) is 88.8 cm³/mol. The van der Waals surface area contributed by atoms with Gasteiger partial charge in [-0.3, -0.25) is 24.2 Å². The van der Waals surface area contributed by atoms with Crippen molar-refractivity contribution in [1.29, 1.82) is 0 Å². The molecule has 1 saturated carbocycles. The Hall–Kier alpha value is -2.43. The Labute approximate surface area is 140 Å². The highest BCUT2D eigenvalue weighted by atomic mass is 16.2. The number of aryl methyl sites for hydroxylation is 1. The lowest BCUT2D eigenvalue weighted by molar-refractivity contribution is -0.140. The van der Waals surface area contributed by atoms with Gasteiger partial charge in [0.1, 0.15) is 6.67 Å². The number of fused-ring (bicyclic) bond motifs is 5. The van der Waals surface area contributed by atoms with E-state index in [-0.39, 0.29) is 48.1 Å². The van der Waals surface area contributed by atoms with Crippen molar-refractivity contribution in [3.05, 3.63) is 42.0 Å². The Morgan fingerprint density at radius 2 is 1.71 bits per heavy atom. The number of allylic oxidation sites excluding steroid dienone is 2. The van der Waals surface area contributed by atoms with E-state index in [9.17, 15) is 14.4 Å². The zero-order valence-electron chi connectivity index (χ0n) is 13.8. The summed E-state index contributed by atoms with van der Waals surface area (Å²) in [6.07, 6.45) is 5.06. The number of carbonyl (C=O) groups excluding carboxylic acids is 3. The lowest BCUT2D eigenvalue weighted by Gasteiger charge is -2.28. The maximum absolute atomic E-state index is 12.8. The van der Waals surface area contributed by atoms with Gasteiger partial charge in [0, 0.05) is 12.6 Å². The quantitative estimate of drug-likeness (QED) is 0.632. The number of hydrogen-bond donors (Lipinski definition) is 0. The van der Waals surface area contributed by atoms with Crippen LogP contribution >= 0.6 is 0 Å². The third-order valence-electron chi connectivity index (χ3n) is 5.63. The minimum atomic E-state index is -0.224. The van der Waals surface area contributed by atoms with Crippen molar-refractivity contribution in [3.8, 4) is 0 Å². The molecular weight excluding hydrogens is 304 g/mol. The molecule has 5 heteroatoms. The van der Waals surface area contributed by atoms with Crippen molar-refractivity contribution in [2.24, 2.45) is 23.7 Å². The number of anilines is 1. The molecule has 1 aromatic rings. The van der Waals surface area contributed by atoms with Gasteiger partial charge in [-0.15, -0.1) is 0 Å². The third-order valence-corrected chi connectivity index (χ3v) is 5.63. The zero-order valence-corrected chi connectivity index (χ0v) is 13.8. The van der Waals surface area contributed by atoms with E-state index in [2.05, 4.69) is 12.2 Å². The monoisotopic (exact) mass is 324 g/mol. The molecule has 0 aromatic heterocycles. The van der Waals surface area contributed by atoms with Gasteiger partial charge >= 0.3 is 0 Å². The molecule has 4 atom stereocenters. The number of hydrogen-bond acceptors (Lipinski definition) is 3. The molecule has 3 amide bonds. The molecule has 1 heterocycles. The van der Waals surface area contributed by atoms with Crippen LogP contribution in [0.5, 0.6) is 0 Å². The highest BCUT2D eigenvalue weighted by Gasteiger charge is 2.59. The average Bonchev–Trinajstić information content (AvgIpc) is 3.22. The summed E-state index contributed by atoms with van der Waals surface area (Å²) in [4.78, 5) is 40.5. The van der Waals surface area contributed by atoms with Gasteiger partial charge in [0.25, 0.3) is 0 Å². The van der Waals surface area contributed by atoms with E-state index >= 15 is 0 Å². The van der Waals surface area contributed by atoms with E-state index < -0.39 is 0 Å². The summed E-state index contributed by atoms with van der Waals surface area (Å²) in [7, 11) is 0. The normalized spacial score (nSPS) is 30.2. The van der Waals surface area contributed by atoms with E-state index in [1.54, 1.807) is 0 Å². The summed E-state index contributed by atoms with van der Waals surface area (Å²) >= 11 is 0. The van der Waals surface area contributed by atoms with E-state index in [0.29, 0.717) is 0 Å². The molecule has 3 aliphatic rings. The first kappa shape index (κ1) is 15.1. The molecule has 1 saturated heterocycles. The van der Waals surface area contributed by atoms with E-state index in [4.69, 9.17) is 0 Å². The first-order valence-electron chi connectivity index (χ1n) is 8.36. The number of carbonyl (C=O) groups is 3. The molecule has 0 N–H and O–H groups in total.